The van der Waals surface area contributed by atoms with Crippen LogP contribution in [-0.4, -0.2) is 33.4 Å². The molecule has 164 valence electrons. The average molecular weight is 570 g/mol. The molecule has 6 rings (SSSR count). The molecule has 4 bridgehead atoms. The van der Waals surface area contributed by atoms with Crippen LogP contribution in [0.4, 0.5) is 0 Å². The Hall–Kier alpha value is -1.33. The molecule has 0 spiro atoms. The number of nitrogens with one attached hydrogen (secondary N) is 1. The van der Waals surface area contributed by atoms with Crippen LogP contribution in [0.2, 0.25) is 0 Å². The highest BCUT2D eigenvalue weighted by Crippen LogP contribution is 2.60. The fourth-order valence-electron chi connectivity index (χ4n) is 6.16. The molecule has 0 atom stereocenters. The molecular formula is C22H23IN2O4S2. The zero-order chi connectivity index (χ0) is 21.9. The molecule has 0 unspecified atom stereocenters. The summed E-state index contributed by atoms with van der Waals surface area (Å²) in [6, 6.07) is 3.43. The van der Waals surface area contributed by atoms with Crippen LogP contribution in [0.15, 0.2) is 17.0 Å². The Balaban J connectivity index is 1.35. The molecule has 1 aromatic carbocycles. The summed E-state index contributed by atoms with van der Waals surface area (Å²) in [5, 5.41) is 11.3. The van der Waals surface area contributed by atoms with Gasteiger partial charge in [0.05, 0.1) is 21.0 Å². The van der Waals surface area contributed by atoms with Crippen LogP contribution in [0.1, 0.15) is 44.1 Å². The minimum atomic E-state index is -0.345. The summed E-state index contributed by atoms with van der Waals surface area (Å²) in [7, 11) is 1.48. The molecule has 5 fully saturated rings. The van der Waals surface area contributed by atoms with Gasteiger partial charge in [0.1, 0.15) is 0 Å². The molecule has 6 nitrogen and oxygen atoms in total. The van der Waals surface area contributed by atoms with Gasteiger partial charge in [0.2, 0.25) is 5.91 Å². The van der Waals surface area contributed by atoms with Crippen molar-refractivity contribution in [2.75, 3.05) is 7.11 Å². The average Bonchev–Trinajstić information content (AvgIpc) is 2.96. The molecule has 1 aliphatic heterocycles. The van der Waals surface area contributed by atoms with E-state index in [1.165, 1.54) is 43.1 Å². The molecule has 31 heavy (non-hydrogen) atoms. The van der Waals surface area contributed by atoms with Gasteiger partial charge in [-0.1, -0.05) is 11.8 Å². The van der Waals surface area contributed by atoms with E-state index < -0.39 is 0 Å². The standard InChI is InChI=1S/C22H23IN2O4S2/c1-29-16-6-11(5-15(23)18(16)26)7-17-19(27)25(21(30)31-17)24-20(28)22-8-12-2-13(9-22)4-14(3-12)10-22/h5-7,12-14,26H,2-4,8-10H2,1H3,(H,24,28)/b17-7+. The number of phenols is 1. The Kier molecular flexibility index (Phi) is 5.49. The maximum absolute atomic E-state index is 13.3. The number of phenolic OH excluding ortho intramolecular Hbond substituents is 1. The van der Waals surface area contributed by atoms with E-state index >= 15 is 0 Å². The van der Waals surface area contributed by atoms with Gasteiger partial charge in [0.15, 0.2) is 15.8 Å². The number of nitrogens with zero attached hydrogens (tertiary/aromatic N) is 1. The Morgan fingerprint density at radius 3 is 2.48 bits per heavy atom. The lowest BCUT2D eigenvalue weighted by Gasteiger charge is -2.55. The highest BCUT2D eigenvalue weighted by atomic mass is 127. The highest BCUT2D eigenvalue weighted by molar-refractivity contribution is 14.1. The lowest BCUT2D eigenvalue weighted by atomic mass is 9.49. The van der Waals surface area contributed by atoms with Gasteiger partial charge in [-0.25, -0.2) is 0 Å². The Morgan fingerprint density at radius 2 is 1.90 bits per heavy atom. The zero-order valence-electron chi connectivity index (χ0n) is 17.0. The van der Waals surface area contributed by atoms with E-state index in [0.717, 1.165) is 19.3 Å². The van der Waals surface area contributed by atoms with Crippen LogP contribution in [0, 0.1) is 26.7 Å². The zero-order valence-corrected chi connectivity index (χ0v) is 20.8. The molecule has 4 aliphatic carbocycles. The molecule has 5 aliphatic rings. The van der Waals surface area contributed by atoms with Gasteiger partial charge in [-0.2, -0.15) is 5.01 Å². The monoisotopic (exact) mass is 570 g/mol. The number of amides is 2. The number of carbonyl (C=O) groups excluding carboxylic acids is 2. The first-order valence-corrected chi connectivity index (χ1v) is 12.7. The van der Waals surface area contributed by atoms with Gasteiger partial charge in [-0.3, -0.25) is 15.0 Å². The van der Waals surface area contributed by atoms with Crippen LogP contribution in [0.25, 0.3) is 6.08 Å². The second-order valence-electron chi connectivity index (χ2n) is 9.21. The summed E-state index contributed by atoms with van der Waals surface area (Å²) in [6.45, 7) is 0. The fraction of sp³-hybridized carbons (Fsp3) is 0.500. The van der Waals surface area contributed by atoms with Crippen molar-refractivity contribution in [1.29, 1.82) is 0 Å². The number of methoxy groups -OCH3 is 1. The molecule has 4 saturated carbocycles. The van der Waals surface area contributed by atoms with Crippen LogP contribution >= 0.6 is 46.6 Å². The number of carbonyl (C=O) groups is 2. The van der Waals surface area contributed by atoms with Crippen molar-refractivity contribution in [3.8, 4) is 11.5 Å². The topological polar surface area (TPSA) is 78.9 Å². The summed E-state index contributed by atoms with van der Waals surface area (Å²) in [5.74, 6) is 1.97. The van der Waals surface area contributed by atoms with Crippen molar-refractivity contribution >= 4 is 68.8 Å². The van der Waals surface area contributed by atoms with E-state index in [0.29, 0.717) is 41.9 Å². The number of benzene rings is 1. The predicted molar refractivity (Wildman–Crippen MR) is 131 cm³/mol. The van der Waals surface area contributed by atoms with Gasteiger partial charge >= 0.3 is 0 Å². The summed E-state index contributed by atoms with van der Waals surface area (Å²) in [4.78, 5) is 26.8. The molecule has 0 radical (unpaired) electrons. The molecule has 2 N–H and O–H groups in total. The van der Waals surface area contributed by atoms with E-state index in [4.69, 9.17) is 17.0 Å². The van der Waals surface area contributed by atoms with E-state index in [9.17, 15) is 14.7 Å². The number of hydrogen-bond acceptors (Lipinski definition) is 6. The van der Waals surface area contributed by atoms with E-state index in [1.807, 2.05) is 22.6 Å². The van der Waals surface area contributed by atoms with Crippen molar-refractivity contribution in [3.63, 3.8) is 0 Å². The van der Waals surface area contributed by atoms with Crippen molar-refractivity contribution in [2.24, 2.45) is 23.2 Å². The third-order valence-corrected chi connectivity index (χ3v) is 9.22. The summed E-state index contributed by atoms with van der Waals surface area (Å²) >= 11 is 8.59. The molecule has 9 heteroatoms. The van der Waals surface area contributed by atoms with E-state index in [-0.39, 0.29) is 23.0 Å². The first kappa shape index (κ1) is 21.5. The highest BCUT2D eigenvalue weighted by Gasteiger charge is 2.55. The first-order valence-electron chi connectivity index (χ1n) is 10.4. The Bertz CT molecular complexity index is 990. The van der Waals surface area contributed by atoms with Crippen molar-refractivity contribution in [2.45, 2.75) is 38.5 Å². The van der Waals surface area contributed by atoms with Crippen molar-refractivity contribution < 1.29 is 19.4 Å². The molecule has 2 amide bonds. The molecule has 1 saturated heterocycles. The predicted octanol–water partition coefficient (Wildman–Crippen LogP) is 4.45. The van der Waals surface area contributed by atoms with Crippen molar-refractivity contribution in [1.82, 2.24) is 10.4 Å². The maximum Gasteiger partial charge on any atom is 0.285 e. The number of aromatic hydroxyl groups is 1. The minimum Gasteiger partial charge on any atom is -0.504 e. The SMILES string of the molecule is COc1cc(/C=C2/SC(=S)N(NC(=O)C34CC5CC(CC(C5)C3)C4)C2=O)cc(I)c1O. The third-order valence-electron chi connectivity index (χ3n) is 7.10. The summed E-state index contributed by atoms with van der Waals surface area (Å²) < 4.78 is 6.15. The van der Waals surface area contributed by atoms with Gasteiger partial charge < -0.3 is 9.84 Å². The number of ether oxygens (including phenoxy) is 1. The van der Waals surface area contributed by atoms with Crippen molar-refractivity contribution in [3.05, 3.63) is 26.2 Å². The third kappa shape index (κ3) is 3.76. The van der Waals surface area contributed by atoms with Crippen LogP contribution in [0.3, 0.4) is 0 Å². The largest absolute Gasteiger partial charge is 0.504 e. The Labute approximate surface area is 204 Å². The number of thioether (sulfide) groups is 1. The second-order valence-corrected chi connectivity index (χ2v) is 12.0. The summed E-state index contributed by atoms with van der Waals surface area (Å²) in [5.41, 5.74) is 3.24. The quantitative estimate of drug-likeness (QED) is 0.317. The van der Waals surface area contributed by atoms with Crippen LogP contribution in [-0.2, 0) is 9.59 Å². The van der Waals surface area contributed by atoms with E-state index in [1.54, 1.807) is 18.2 Å². The summed E-state index contributed by atoms with van der Waals surface area (Å²) in [6.07, 6.45) is 8.27. The number of hydrazine groups is 1. The van der Waals surface area contributed by atoms with Gasteiger partial charge in [-0.05, 0) is 115 Å². The van der Waals surface area contributed by atoms with Gasteiger partial charge in [0, 0.05) is 0 Å². The lowest BCUT2D eigenvalue weighted by Crippen LogP contribution is -2.57. The second kappa shape index (κ2) is 7.91. The number of rotatable bonds is 4. The maximum atomic E-state index is 13.3. The number of thiocarbonyl (C=S) groups is 1. The van der Waals surface area contributed by atoms with Crippen LogP contribution < -0.4 is 10.2 Å². The molecule has 1 aromatic rings. The Morgan fingerprint density at radius 1 is 1.29 bits per heavy atom. The molecule has 0 aromatic heterocycles. The van der Waals surface area contributed by atoms with Gasteiger partial charge in [-0.15, -0.1) is 0 Å². The number of halogens is 1. The lowest BCUT2D eigenvalue weighted by molar-refractivity contribution is -0.152. The number of hydrogen-bond donors (Lipinski definition) is 2. The molecule has 1 heterocycles. The first-order chi connectivity index (χ1) is 14.8. The van der Waals surface area contributed by atoms with Crippen LogP contribution in [0.5, 0.6) is 11.5 Å². The smallest absolute Gasteiger partial charge is 0.285 e. The van der Waals surface area contributed by atoms with Gasteiger partial charge in [0.25, 0.3) is 5.91 Å². The normalized spacial score (nSPS) is 32.8. The minimum absolute atomic E-state index is 0.0509. The molecular weight excluding hydrogens is 547 g/mol. The van der Waals surface area contributed by atoms with E-state index in [2.05, 4.69) is 5.43 Å². The fourth-order valence-corrected chi connectivity index (χ4v) is 7.96.